The largest absolute Gasteiger partial charge is 0.459 e. The van der Waals surface area contributed by atoms with Gasteiger partial charge >= 0.3 is 18.0 Å². The van der Waals surface area contributed by atoms with Crippen LogP contribution >= 0.6 is 0 Å². The third-order valence-electron chi connectivity index (χ3n) is 7.86. The molecule has 0 aromatic carbocycles. The van der Waals surface area contributed by atoms with Gasteiger partial charge in [-0.1, -0.05) is 114 Å². The Morgan fingerprint density at radius 3 is 1.85 bits per heavy atom. The maximum Gasteiger partial charge on any atom is 0.347 e. The van der Waals surface area contributed by atoms with E-state index in [1.54, 1.807) is 41.5 Å². The molecule has 2 fully saturated rings. The molecule has 3 unspecified atom stereocenters. The lowest BCUT2D eigenvalue weighted by molar-refractivity contribution is -0.164. The van der Waals surface area contributed by atoms with Crippen molar-refractivity contribution < 1.29 is 38.3 Å². The number of urea groups is 1. The number of hydrogen-bond acceptors (Lipinski definition) is 9. The Hall–Kier alpha value is -3.22. The zero-order valence-corrected chi connectivity index (χ0v) is 34.9. The van der Waals surface area contributed by atoms with Crippen molar-refractivity contribution in [3.63, 3.8) is 0 Å². The lowest BCUT2D eigenvalue weighted by Gasteiger charge is -2.35. The van der Waals surface area contributed by atoms with E-state index < -0.39 is 64.7 Å². The molecule has 4 amide bonds. The minimum atomic E-state index is -1.02. The van der Waals surface area contributed by atoms with Gasteiger partial charge in [0.2, 0.25) is 11.7 Å². The quantitative estimate of drug-likeness (QED) is 0.0951. The van der Waals surface area contributed by atoms with Gasteiger partial charge in [-0.25, -0.2) is 9.59 Å². The summed E-state index contributed by atoms with van der Waals surface area (Å²) in [5.74, 6) is -2.34. The Morgan fingerprint density at radius 2 is 1.38 bits per heavy atom. The van der Waals surface area contributed by atoms with Crippen LogP contribution in [0.5, 0.6) is 0 Å². The summed E-state index contributed by atoms with van der Waals surface area (Å²) in [5, 5.41) is 7.53. The monoisotopic (exact) mass is 742 g/mol. The van der Waals surface area contributed by atoms with Crippen LogP contribution in [0, 0.1) is 11.3 Å². The Balaban J connectivity index is 0. The molecule has 0 aromatic heterocycles. The fourth-order valence-corrected chi connectivity index (χ4v) is 5.32. The highest BCUT2D eigenvalue weighted by Crippen LogP contribution is 2.26. The van der Waals surface area contributed by atoms with Crippen LogP contribution < -0.4 is 21.4 Å². The number of esters is 1. The minimum absolute atomic E-state index is 0.267. The Kier molecular flexibility index (Phi) is 26.8. The maximum absolute atomic E-state index is 13.6. The van der Waals surface area contributed by atoms with Gasteiger partial charge < -0.3 is 30.4 Å². The third kappa shape index (κ3) is 22.0. The highest BCUT2D eigenvalue weighted by Gasteiger charge is 2.43. The molecule has 0 bridgehead atoms. The first-order valence-corrected chi connectivity index (χ1v) is 19.7. The maximum atomic E-state index is 13.6. The van der Waals surface area contributed by atoms with Crippen LogP contribution in [0.1, 0.15) is 161 Å². The van der Waals surface area contributed by atoms with Crippen molar-refractivity contribution in [3.05, 3.63) is 0 Å². The summed E-state index contributed by atoms with van der Waals surface area (Å²) in [6, 6.07) is -3.72. The molecule has 0 radical (unpaired) electrons. The zero-order valence-electron chi connectivity index (χ0n) is 34.9. The van der Waals surface area contributed by atoms with E-state index in [2.05, 4.69) is 42.2 Å². The lowest BCUT2D eigenvalue weighted by Crippen LogP contribution is -2.59. The van der Waals surface area contributed by atoms with Crippen molar-refractivity contribution in [1.82, 2.24) is 26.3 Å². The molecule has 1 heterocycles. The number of ether oxygens (including phenoxy) is 1. The number of likely N-dealkylation sites (tertiary alicyclic amines) is 1. The number of amides is 4. The highest BCUT2D eigenvalue weighted by molar-refractivity contribution is 6.38. The molecule has 4 N–H and O–H groups in total. The van der Waals surface area contributed by atoms with Crippen LogP contribution in [0.3, 0.4) is 0 Å². The summed E-state index contributed by atoms with van der Waals surface area (Å²) < 4.78 is 5.17. The number of nitrogens with one attached hydrogen (secondary N) is 4. The van der Waals surface area contributed by atoms with Crippen molar-refractivity contribution >= 4 is 35.6 Å². The number of rotatable bonds is 13. The minimum Gasteiger partial charge on any atom is -0.459 e. The second-order valence-electron chi connectivity index (χ2n) is 15.4. The van der Waals surface area contributed by atoms with Crippen LogP contribution in [0.2, 0.25) is 0 Å². The summed E-state index contributed by atoms with van der Waals surface area (Å²) in [4.78, 5) is 82.2. The van der Waals surface area contributed by atoms with E-state index in [1.165, 1.54) is 43.4 Å². The lowest BCUT2D eigenvalue weighted by atomic mass is 9.85. The molecule has 1 aliphatic heterocycles. The van der Waals surface area contributed by atoms with Gasteiger partial charge in [-0.15, -0.1) is 5.48 Å². The summed E-state index contributed by atoms with van der Waals surface area (Å²) in [5.41, 5.74) is 0.982. The standard InChI is InChI=1S/C27H47N5O8.C7H14.C3H8.C2H6/c1-9-12-17(20(34)22(35)28-14-10-2)31-40-24(37)18-13-11-15-32(18)23(36)21(26(3,4)5)30-25(38)29-16-19(33)39-27(6,7)8;1-7-5-3-2-4-6-7;1-3-2;1-2/h17-18,21,31H,9-16H2,1-8H3,(H,28,35)(H2,29,30,38);7H,2-6H2,1H3;3H2,1-2H3;1-2H3. The van der Waals surface area contributed by atoms with E-state index >= 15 is 0 Å². The molecule has 1 saturated heterocycles. The van der Waals surface area contributed by atoms with Crippen LogP contribution in [0.15, 0.2) is 0 Å². The van der Waals surface area contributed by atoms with E-state index in [-0.39, 0.29) is 19.5 Å². The van der Waals surface area contributed by atoms with Crippen LogP contribution in [-0.2, 0) is 33.5 Å². The van der Waals surface area contributed by atoms with Crippen LogP contribution in [0.4, 0.5) is 4.79 Å². The molecule has 52 heavy (non-hydrogen) atoms. The van der Waals surface area contributed by atoms with E-state index in [9.17, 15) is 28.8 Å². The first-order chi connectivity index (χ1) is 24.3. The second-order valence-corrected chi connectivity index (χ2v) is 15.4. The molecule has 2 rings (SSSR count). The van der Waals surface area contributed by atoms with Crippen molar-refractivity contribution in [2.24, 2.45) is 11.3 Å². The predicted molar refractivity (Wildman–Crippen MR) is 206 cm³/mol. The molecular weight excluding hydrogens is 666 g/mol. The molecule has 2 aliphatic rings. The molecule has 1 aliphatic carbocycles. The van der Waals surface area contributed by atoms with Gasteiger partial charge in [0.05, 0.1) is 0 Å². The van der Waals surface area contributed by atoms with Gasteiger partial charge in [0.15, 0.2) is 0 Å². The molecule has 304 valence electrons. The number of nitrogens with zero attached hydrogens (tertiary/aromatic N) is 1. The van der Waals surface area contributed by atoms with Gasteiger partial charge in [0.25, 0.3) is 5.91 Å². The van der Waals surface area contributed by atoms with Crippen molar-refractivity contribution in [2.45, 2.75) is 184 Å². The molecule has 13 nitrogen and oxygen atoms in total. The van der Waals surface area contributed by atoms with E-state index in [4.69, 9.17) is 9.57 Å². The Labute approximate surface area is 315 Å². The highest BCUT2D eigenvalue weighted by atomic mass is 16.7. The number of ketones is 1. The average Bonchev–Trinajstić information content (AvgIpc) is 3.57. The summed E-state index contributed by atoms with van der Waals surface area (Å²) in [6.07, 6.45) is 11.0. The van der Waals surface area contributed by atoms with E-state index in [0.29, 0.717) is 32.2 Å². The molecule has 1 saturated carbocycles. The average molecular weight is 742 g/mol. The predicted octanol–water partition coefficient (Wildman–Crippen LogP) is 6.37. The number of Topliss-reactive ketones (excluding diaryl/α,β-unsaturated/α-hetero) is 1. The van der Waals surface area contributed by atoms with Crippen molar-refractivity contribution in [3.8, 4) is 0 Å². The molecule has 0 spiro atoms. The summed E-state index contributed by atoms with van der Waals surface area (Å²) >= 11 is 0. The second kappa shape index (κ2) is 27.4. The van der Waals surface area contributed by atoms with Crippen LogP contribution in [0.25, 0.3) is 0 Å². The fraction of sp³-hybridized carbons (Fsp3) is 0.846. The first kappa shape index (κ1) is 50.9. The molecule has 0 aromatic rings. The van der Waals surface area contributed by atoms with Gasteiger partial charge in [-0.2, -0.15) is 0 Å². The van der Waals surface area contributed by atoms with Gasteiger partial charge in [-0.3, -0.25) is 19.2 Å². The Bertz CT molecular complexity index is 1060. The SMILES string of the molecule is CC.CC1CCCCC1.CCC.CCCNC(=O)C(=O)C(CCC)NOC(=O)C1CCCN1C(=O)C(NC(=O)NCC(=O)OC(C)(C)C)C(C)(C)C. The molecule has 3 atom stereocenters. The number of hydrogen-bond donors (Lipinski definition) is 4. The molecule has 13 heteroatoms. The Morgan fingerprint density at radius 1 is 0.808 bits per heavy atom. The summed E-state index contributed by atoms with van der Waals surface area (Å²) in [6.45, 7) is 24.9. The third-order valence-corrected chi connectivity index (χ3v) is 7.86. The smallest absolute Gasteiger partial charge is 0.347 e. The van der Waals surface area contributed by atoms with E-state index in [0.717, 1.165) is 5.92 Å². The van der Waals surface area contributed by atoms with E-state index in [1.807, 2.05) is 27.7 Å². The zero-order chi connectivity index (χ0) is 40.5. The van der Waals surface area contributed by atoms with Gasteiger partial charge in [0.1, 0.15) is 30.3 Å². The topological polar surface area (TPSA) is 172 Å². The number of carbonyl (C=O) groups is 6. The number of carbonyl (C=O) groups excluding carboxylic acids is 6. The van der Waals surface area contributed by atoms with Gasteiger partial charge in [0, 0.05) is 13.1 Å². The van der Waals surface area contributed by atoms with Crippen LogP contribution in [-0.4, -0.2) is 83.8 Å². The number of hydroxylamine groups is 1. The van der Waals surface area contributed by atoms with Crippen molar-refractivity contribution in [1.29, 1.82) is 0 Å². The normalized spacial score (nSPS) is 16.9. The first-order valence-electron chi connectivity index (χ1n) is 19.7. The molecular formula is C39H75N5O8. The van der Waals surface area contributed by atoms with Crippen molar-refractivity contribution in [2.75, 3.05) is 19.6 Å². The summed E-state index contributed by atoms with van der Waals surface area (Å²) in [7, 11) is 0. The fourth-order valence-electron chi connectivity index (χ4n) is 5.32. The van der Waals surface area contributed by atoms with Gasteiger partial charge in [-0.05, 0) is 57.8 Å².